The third kappa shape index (κ3) is 4.26. The van der Waals surface area contributed by atoms with E-state index in [2.05, 4.69) is 53.5 Å². The van der Waals surface area contributed by atoms with Gasteiger partial charge in [0, 0.05) is 50.5 Å². The van der Waals surface area contributed by atoms with Crippen LogP contribution < -0.4 is 10.2 Å². The molecule has 1 amide bonds. The number of hydrogen-bond donors (Lipinski definition) is 1. The highest BCUT2D eigenvalue weighted by atomic mass is 16.6. The minimum Gasteiger partial charge on any atom is -0.465 e. The number of carbonyl (C=O) groups excluding carboxylic acids is 2. The fourth-order valence-corrected chi connectivity index (χ4v) is 6.26. The van der Waals surface area contributed by atoms with Gasteiger partial charge in [-0.25, -0.2) is 9.59 Å². The summed E-state index contributed by atoms with van der Waals surface area (Å²) < 4.78 is 11.0. The van der Waals surface area contributed by atoms with Crippen molar-refractivity contribution in [3.63, 3.8) is 0 Å². The smallest absolute Gasteiger partial charge is 0.409 e. The molecule has 1 heterocycles. The average molecular weight is 514 g/mol. The lowest BCUT2D eigenvalue weighted by Gasteiger charge is -2.38. The van der Waals surface area contributed by atoms with Crippen LogP contribution in [0.25, 0.3) is 11.1 Å². The van der Waals surface area contributed by atoms with Crippen LogP contribution >= 0.6 is 0 Å². The van der Waals surface area contributed by atoms with Crippen LogP contribution in [0.5, 0.6) is 0 Å². The Bertz CT molecular complexity index is 1350. The molecule has 0 spiro atoms. The number of amides is 1. The minimum atomic E-state index is -0.338. The van der Waals surface area contributed by atoms with E-state index in [0.29, 0.717) is 38.3 Å². The van der Waals surface area contributed by atoms with E-state index in [1.165, 1.54) is 29.4 Å². The summed E-state index contributed by atoms with van der Waals surface area (Å²) in [5.41, 5.74) is 10.3. The molecule has 0 bridgehead atoms. The summed E-state index contributed by atoms with van der Waals surface area (Å²) in [5.74, 6) is -0.294. The van der Waals surface area contributed by atoms with Gasteiger partial charge in [-0.3, -0.25) is 0 Å². The van der Waals surface area contributed by atoms with Gasteiger partial charge in [0.25, 0.3) is 0 Å². The summed E-state index contributed by atoms with van der Waals surface area (Å²) in [4.78, 5) is 29.7. The first-order valence-corrected chi connectivity index (χ1v) is 13.1. The molecule has 1 fully saturated rings. The summed E-state index contributed by atoms with van der Waals surface area (Å²) in [6.45, 7) is 8.70. The van der Waals surface area contributed by atoms with Crippen molar-refractivity contribution in [2.45, 2.75) is 26.7 Å². The van der Waals surface area contributed by atoms with Gasteiger partial charge in [0.2, 0.25) is 0 Å². The zero-order valence-electron chi connectivity index (χ0n) is 22.8. The number of rotatable bonds is 5. The fraction of sp³-hybridized carbons (Fsp3) is 0.355. The molecule has 7 heteroatoms. The standard InChI is InChI=1S/C31H35N3O4/c1-19-27(30(35)37-5)20(2)29(21(3)28(19)32-4)33-14-16-34(17-15-33)31(36)38-18-26-24-12-8-6-10-22(24)23-11-7-9-13-25(23)26/h6-13,26,32H,14-18H2,1-5H3. The van der Waals surface area contributed by atoms with Crippen LogP contribution in [0.4, 0.5) is 16.2 Å². The van der Waals surface area contributed by atoms with E-state index in [9.17, 15) is 9.59 Å². The number of benzene rings is 3. The molecule has 0 saturated carbocycles. The van der Waals surface area contributed by atoms with E-state index in [4.69, 9.17) is 9.47 Å². The van der Waals surface area contributed by atoms with E-state index < -0.39 is 0 Å². The minimum absolute atomic E-state index is 0.0437. The molecule has 0 atom stereocenters. The van der Waals surface area contributed by atoms with Crippen molar-refractivity contribution in [3.8, 4) is 11.1 Å². The van der Waals surface area contributed by atoms with Gasteiger partial charge in [0.05, 0.1) is 12.7 Å². The van der Waals surface area contributed by atoms with E-state index >= 15 is 0 Å². The molecule has 0 unspecified atom stereocenters. The first kappa shape index (κ1) is 25.6. The van der Waals surface area contributed by atoms with Crippen molar-refractivity contribution in [2.24, 2.45) is 0 Å². The Morgan fingerprint density at radius 3 is 2.00 bits per heavy atom. The predicted octanol–water partition coefficient (Wildman–Crippen LogP) is 5.51. The zero-order chi connectivity index (χ0) is 27.0. The Morgan fingerprint density at radius 2 is 1.45 bits per heavy atom. The van der Waals surface area contributed by atoms with Crippen molar-refractivity contribution in [2.75, 3.05) is 57.2 Å². The maximum atomic E-state index is 13.1. The van der Waals surface area contributed by atoms with E-state index in [1.807, 2.05) is 33.0 Å². The topological polar surface area (TPSA) is 71.1 Å². The monoisotopic (exact) mass is 513 g/mol. The van der Waals surface area contributed by atoms with Gasteiger partial charge in [-0.15, -0.1) is 0 Å². The Hall–Kier alpha value is -4.00. The van der Waals surface area contributed by atoms with Crippen LogP contribution in [0.1, 0.15) is 44.1 Å². The number of piperazine rings is 1. The van der Waals surface area contributed by atoms with Gasteiger partial charge in [0.1, 0.15) is 6.61 Å². The summed E-state index contributed by atoms with van der Waals surface area (Å²) in [6, 6.07) is 16.7. The van der Waals surface area contributed by atoms with Crippen LogP contribution in [0, 0.1) is 20.8 Å². The normalized spacial score (nSPS) is 14.7. The molecule has 198 valence electrons. The van der Waals surface area contributed by atoms with Crippen LogP contribution in [-0.2, 0) is 9.47 Å². The molecule has 5 rings (SSSR count). The van der Waals surface area contributed by atoms with Gasteiger partial charge < -0.3 is 24.6 Å². The molecule has 1 aliphatic carbocycles. The number of anilines is 2. The summed E-state index contributed by atoms with van der Waals surface area (Å²) in [6.07, 6.45) is -0.282. The SMILES string of the molecule is CNc1c(C)c(C(=O)OC)c(C)c(N2CCN(C(=O)OCC3c4ccccc4-c4ccccc43)CC2)c1C. The number of carbonyl (C=O) groups is 2. The third-order valence-electron chi connectivity index (χ3n) is 8.04. The molecule has 1 N–H and O–H groups in total. The molecule has 3 aromatic carbocycles. The van der Waals surface area contributed by atoms with Crippen LogP contribution in [0.15, 0.2) is 48.5 Å². The third-order valence-corrected chi connectivity index (χ3v) is 8.04. The number of nitrogens with one attached hydrogen (secondary N) is 1. The number of fused-ring (bicyclic) bond motifs is 3. The first-order valence-electron chi connectivity index (χ1n) is 13.1. The molecule has 0 aromatic heterocycles. The van der Waals surface area contributed by atoms with Gasteiger partial charge in [-0.2, -0.15) is 0 Å². The van der Waals surface area contributed by atoms with E-state index in [-0.39, 0.29) is 18.0 Å². The highest BCUT2D eigenvalue weighted by Gasteiger charge is 2.31. The number of nitrogens with zero attached hydrogens (tertiary/aromatic N) is 2. The van der Waals surface area contributed by atoms with Crippen LogP contribution in [-0.4, -0.2) is 63.9 Å². The van der Waals surface area contributed by atoms with Crippen molar-refractivity contribution in [1.82, 2.24) is 4.90 Å². The molecule has 2 aliphatic rings. The molecule has 38 heavy (non-hydrogen) atoms. The lowest BCUT2D eigenvalue weighted by Crippen LogP contribution is -2.49. The summed E-state index contributed by atoms with van der Waals surface area (Å²) >= 11 is 0. The Labute approximate surface area is 224 Å². The number of esters is 1. The van der Waals surface area contributed by atoms with Gasteiger partial charge >= 0.3 is 12.1 Å². The van der Waals surface area contributed by atoms with Gasteiger partial charge in [0.15, 0.2) is 0 Å². The summed E-state index contributed by atoms with van der Waals surface area (Å²) in [5, 5.41) is 3.26. The lowest BCUT2D eigenvalue weighted by atomic mass is 9.93. The van der Waals surface area contributed by atoms with Gasteiger partial charge in [-0.05, 0) is 59.7 Å². The molecular formula is C31H35N3O4. The second kappa shape index (κ2) is 10.4. The Balaban J connectivity index is 1.28. The molecule has 1 saturated heterocycles. The molecule has 3 aromatic rings. The Kier molecular flexibility index (Phi) is 7.02. The number of ether oxygens (including phenoxy) is 2. The molecule has 0 radical (unpaired) electrons. The van der Waals surface area contributed by atoms with Crippen molar-refractivity contribution < 1.29 is 19.1 Å². The second-order valence-electron chi connectivity index (χ2n) is 9.99. The molecule has 7 nitrogen and oxygen atoms in total. The van der Waals surface area contributed by atoms with E-state index in [0.717, 1.165) is 28.1 Å². The fourth-order valence-electron chi connectivity index (χ4n) is 6.26. The largest absolute Gasteiger partial charge is 0.465 e. The average Bonchev–Trinajstić information content (AvgIpc) is 3.25. The quantitative estimate of drug-likeness (QED) is 0.454. The van der Waals surface area contributed by atoms with Crippen molar-refractivity contribution in [1.29, 1.82) is 0 Å². The van der Waals surface area contributed by atoms with Crippen LogP contribution in [0.2, 0.25) is 0 Å². The first-order chi connectivity index (χ1) is 18.4. The molecule has 1 aliphatic heterocycles. The number of hydrogen-bond acceptors (Lipinski definition) is 6. The molecular weight excluding hydrogens is 478 g/mol. The lowest BCUT2D eigenvalue weighted by molar-refractivity contribution is 0.0599. The number of methoxy groups -OCH3 is 1. The summed E-state index contributed by atoms with van der Waals surface area (Å²) in [7, 11) is 3.28. The maximum Gasteiger partial charge on any atom is 0.409 e. The zero-order valence-corrected chi connectivity index (χ0v) is 22.8. The van der Waals surface area contributed by atoms with Gasteiger partial charge in [-0.1, -0.05) is 48.5 Å². The second-order valence-corrected chi connectivity index (χ2v) is 9.99. The highest BCUT2D eigenvalue weighted by molar-refractivity contribution is 5.98. The maximum absolute atomic E-state index is 13.1. The predicted molar refractivity (Wildman–Crippen MR) is 150 cm³/mol. The van der Waals surface area contributed by atoms with E-state index in [1.54, 1.807) is 4.90 Å². The van der Waals surface area contributed by atoms with Crippen molar-refractivity contribution >= 4 is 23.4 Å². The highest BCUT2D eigenvalue weighted by Crippen LogP contribution is 2.44. The Morgan fingerprint density at radius 1 is 0.868 bits per heavy atom. The van der Waals surface area contributed by atoms with Crippen LogP contribution in [0.3, 0.4) is 0 Å². The van der Waals surface area contributed by atoms with Crippen molar-refractivity contribution in [3.05, 3.63) is 81.9 Å².